The highest BCUT2D eigenvalue weighted by Gasteiger charge is 2.32. The highest BCUT2D eigenvalue weighted by atomic mass is 16.2. The Kier molecular flexibility index (Phi) is 9.09. The Hall–Kier alpha value is -4.20. The zero-order valence-electron chi connectivity index (χ0n) is 27.1. The molecule has 0 spiro atoms. The summed E-state index contributed by atoms with van der Waals surface area (Å²) in [6.07, 6.45) is 6.23. The third-order valence-electron chi connectivity index (χ3n) is 8.32. The second-order valence-electron chi connectivity index (χ2n) is 13.8. The van der Waals surface area contributed by atoms with Gasteiger partial charge >= 0.3 is 0 Å². The highest BCUT2D eigenvalue weighted by molar-refractivity contribution is 5.81. The molecule has 3 heterocycles. The van der Waals surface area contributed by atoms with Crippen LogP contribution in [0.4, 0.5) is 0 Å². The van der Waals surface area contributed by atoms with Gasteiger partial charge in [0.1, 0.15) is 11.6 Å². The van der Waals surface area contributed by atoms with E-state index < -0.39 is 5.41 Å². The summed E-state index contributed by atoms with van der Waals surface area (Å²) in [7, 11) is 0. The molecule has 0 bridgehead atoms. The van der Waals surface area contributed by atoms with Crippen molar-refractivity contribution < 1.29 is 9.59 Å². The molecule has 8 nitrogen and oxygen atoms in total. The molecule has 0 aliphatic carbocycles. The maximum absolute atomic E-state index is 12.8. The minimum Gasteiger partial charge on any atom is -0.345 e. The van der Waals surface area contributed by atoms with Gasteiger partial charge in [0.05, 0.1) is 35.9 Å². The van der Waals surface area contributed by atoms with Gasteiger partial charge in [-0.1, -0.05) is 97.0 Å². The monoisotopic (exact) mass is 594 g/mol. The maximum Gasteiger partial charge on any atom is 0.225 e. The number of amides is 2. The summed E-state index contributed by atoms with van der Waals surface area (Å²) in [5.74, 6) is 2.39. The Morgan fingerprint density at radius 3 is 1.95 bits per heavy atom. The average molecular weight is 595 g/mol. The first kappa shape index (κ1) is 31.2. The van der Waals surface area contributed by atoms with Crippen LogP contribution in [-0.4, -0.2) is 43.2 Å². The normalized spacial score (nSPS) is 16.1. The number of likely N-dealkylation sites (tertiary alicyclic amines) is 1. The lowest BCUT2D eigenvalue weighted by Crippen LogP contribution is -2.39. The number of nitrogens with one attached hydrogen (secondary N) is 3. The first-order valence-corrected chi connectivity index (χ1v) is 15.8. The summed E-state index contributed by atoms with van der Waals surface area (Å²) in [5, 5.41) is 3.16. The molecule has 2 aromatic heterocycles. The van der Waals surface area contributed by atoms with Crippen molar-refractivity contribution in [2.75, 3.05) is 6.54 Å². The summed E-state index contributed by atoms with van der Waals surface area (Å²) in [5.41, 5.74) is 5.74. The van der Waals surface area contributed by atoms with E-state index in [9.17, 15) is 9.59 Å². The fraction of sp³-hybridized carbons (Fsp3) is 0.444. The number of benzene rings is 2. The number of nitrogens with zero attached hydrogens (tertiary/aromatic N) is 3. The summed E-state index contributed by atoms with van der Waals surface area (Å²) < 4.78 is 0. The molecule has 1 aliphatic rings. The summed E-state index contributed by atoms with van der Waals surface area (Å²) in [6, 6.07) is 16.7. The lowest BCUT2D eigenvalue weighted by atomic mass is 9.94. The van der Waals surface area contributed by atoms with Gasteiger partial charge in [0.2, 0.25) is 11.8 Å². The Balaban J connectivity index is 1.26. The van der Waals surface area contributed by atoms with Crippen LogP contribution in [0.2, 0.25) is 0 Å². The number of hydrogen-bond acceptors (Lipinski definition) is 4. The molecular formula is C36H46N6O2. The van der Waals surface area contributed by atoms with Crippen molar-refractivity contribution in [1.29, 1.82) is 0 Å². The highest BCUT2D eigenvalue weighted by Crippen LogP contribution is 2.33. The fourth-order valence-corrected chi connectivity index (χ4v) is 5.70. The van der Waals surface area contributed by atoms with E-state index in [0.717, 1.165) is 64.7 Å². The van der Waals surface area contributed by atoms with Crippen LogP contribution in [0.5, 0.6) is 0 Å². The summed E-state index contributed by atoms with van der Waals surface area (Å²) in [6.45, 7) is 14.9. The second-order valence-corrected chi connectivity index (χ2v) is 13.8. The van der Waals surface area contributed by atoms with E-state index in [1.165, 1.54) is 0 Å². The predicted octanol–water partition coefficient (Wildman–Crippen LogP) is 7.70. The quantitative estimate of drug-likeness (QED) is 0.185. The molecule has 2 amide bonds. The fourth-order valence-electron chi connectivity index (χ4n) is 5.70. The molecule has 232 valence electrons. The molecule has 1 saturated heterocycles. The van der Waals surface area contributed by atoms with E-state index in [-0.39, 0.29) is 29.8 Å². The van der Waals surface area contributed by atoms with Gasteiger partial charge < -0.3 is 20.2 Å². The van der Waals surface area contributed by atoms with Crippen LogP contribution in [0.1, 0.15) is 91.5 Å². The average Bonchev–Trinajstić information content (AvgIpc) is 3.76. The van der Waals surface area contributed by atoms with E-state index in [2.05, 4.69) is 101 Å². The topological polar surface area (TPSA) is 107 Å². The largest absolute Gasteiger partial charge is 0.345 e. The van der Waals surface area contributed by atoms with Gasteiger partial charge in [-0.25, -0.2) is 9.97 Å². The van der Waals surface area contributed by atoms with Crippen LogP contribution in [-0.2, 0) is 9.59 Å². The number of rotatable bonds is 9. The zero-order valence-corrected chi connectivity index (χ0v) is 27.1. The van der Waals surface area contributed by atoms with Crippen molar-refractivity contribution in [3.8, 4) is 33.6 Å². The van der Waals surface area contributed by atoms with Crippen molar-refractivity contribution >= 4 is 11.8 Å². The van der Waals surface area contributed by atoms with Gasteiger partial charge in [-0.15, -0.1) is 0 Å². The van der Waals surface area contributed by atoms with Gasteiger partial charge in [0.15, 0.2) is 0 Å². The Morgan fingerprint density at radius 2 is 1.41 bits per heavy atom. The van der Waals surface area contributed by atoms with Crippen molar-refractivity contribution in [2.24, 2.45) is 17.3 Å². The number of aromatic nitrogens is 4. The summed E-state index contributed by atoms with van der Waals surface area (Å²) in [4.78, 5) is 43.6. The smallest absolute Gasteiger partial charge is 0.225 e. The minimum atomic E-state index is -0.468. The van der Waals surface area contributed by atoms with Gasteiger partial charge in [0, 0.05) is 18.4 Å². The van der Waals surface area contributed by atoms with Crippen LogP contribution >= 0.6 is 0 Å². The Bertz CT molecular complexity index is 1570. The lowest BCUT2D eigenvalue weighted by molar-refractivity contribution is -0.133. The number of H-pyrrole nitrogens is 2. The third kappa shape index (κ3) is 6.95. The van der Waals surface area contributed by atoms with Crippen LogP contribution in [0.25, 0.3) is 33.6 Å². The van der Waals surface area contributed by atoms with Crippen molar-refractivity contribution in [3.05, 3.63) is 72.6 Å². The van der Waals surface area contributed by atoms with Crippen LogP contribution in [0.3, 0.4) is 0 Å². The Morgan fingerprint density at radius 1 is 0.864 bits per heavy atom. The SMILES string of the molecule is CC(C)CC(=O)N1CCCC1c1ncc(-c2ccc(-c3ccc(-c4cnc([C@@H](NC(=O)C(C)(C)C)C(C)C)[nH]4)cc3)cc2)[nH]1. The van der Waals surface area contributed by atoms with Gasteiger partial charge in [-0.05, 0) is 46.9 Å². The first-order chi connectivity index (χ1) is 20.9. The molecule has 1 unspecified atom stereocenters. The number of carbonyl (C=O) groups is 2. The molecule has 44 heavy (non-hydrogen) atoms. The molecule has 3 N–H and O–H groups in total. The first-order valence-electron chi connectivity index (χ1n) is 15.8. The molecule has 1 aliphatic heterocycles. The van der Waals surface area contributed by atoms with Crippen molar-refractivity contribution in [3.63, 3.8) is 0 Å². The maximum atomic E-state index is 12.8. The number of imidazole rings is 2. The molecule has 5 rings (SSSR count). The molecule has 8 heteroatoms. The van der Waals surface area contributed by atoms with Crippen LogP contribution < -0.4 is 5.32 Å². The van der Waals surface area contributed by atoms with Crippen molar-refractivity contribution in [1.82, 2.24) is 30.2 Å². The van der Waals surface area contributed by atoms with Gasteiger partial charge in [-0.2, -0.15) is 0 Å². The number of hydrogen-bond donors (Lipinski definition) is 3. The van der Waals surface area contributed by atoms with Crippen LogP contribution in [0.15, 0.2) is 60.9 Å². The van der Waals surface area contributed by atoms with E-state index in [0.29, 0.717) is 12.3 Å². The molecule has 0 saturated carbocycles. The molecule has 2 aromatic carbocycles. The molecule has 4 aromatic rings. The minimum absolute atomic E-state index is 0.00605. The number of carbonyl (C=O) groups excluding carboxylic acids is 2. The lowest BCUT2D eigenvalue weighted by Gasteiger charge is -2.25. The van der Waals surface area contributed by atoms with Gasteiger partial charge in [0.25, 0.3) is 0 Å². The predicted molar refractivity (Wildman–Crippen MR) is 175 cm³/mol. The standard InChI is InChI=1S/C36H46N6O2/c1-22(2)19-31(43)42-18-8-9-30(42)33-37-20-28(39-33)26-14-10-24(11-15-26)25-12-16-27(17-13-25)29-21-38-34(40-29)32(23(3)4)41-35(44)36(5,6)7/h10-17,20-23,30,32H,8-9,18-19H2,1-7H3,(H,37,39)(H,38,40)(H,41,44)/t30?,32-/m0/s1. The van der Waals surface area contributed by atoms with Gasteiger partial charge in [-0.3, -0.25) is 9.59 Å². The van der Waals surface area contributed by atoms with E-state index in [1.54, 1.807) is 0 Å². The molecule has 0 radical (unpaired) electrons. The summed E-state index contributed by atoms with van der Waals surface area (Å²) >= 11 is 0. The van der Waals surface area contributed by atoms with E-state index >= 15 is 0 Å². The Labute approximate surface area is 261 Å². The van der Waals surface area contributed by atoms with Crippen molar-refractivity contribution in [2.45, 2.75) is 79.8 Å². The third-order valence-corrected chi connectivity index (χ3v) is 8.32. The second kappa shape index (κ2) is 12.8. The molecular weight excluding hydrogens is 548 g/mol. The molecule has 1 fully saturated rings. The number of aromatic amines is 2. The van der Waals surface area contributed by atoms with Crippen LogP contribution in [0, 0.1) is 17.3 Å². The van der Waals surface area contributed by atoms with E-state index in [4.69, 9.17) is 0 Å². The zero-order chi connectivity index (χ0) is 31.6. The molecule has 2 atom stereocenters. The van der Waals surface area contributed by atoms with E-state index in [1.807, 2.05) is 38.1 Å².